The van der Waals surface area contributed by atoms with Gasteiger partial charge in [0.25, 0.3) is 0 Å². The van der Waals surface area contributed by atoms with Crippen molar-refractivity contribution in [2.75, 3.05) is 6.54 Å². The molecule has 1 aromatic rings. The fraction of sp³-hybridized carbons (Fsp3) is 0.400. The van der Waals surface area contributed by atoms with Crippen LogP contribution in [-0.2, 0) is 4.79 Å². The number of rotatable bonds is 2. The maximum absolute atomic E-state index is 11.5. The van der Waals surface area contributed by atoms with Gasteiger partial charge in [-0.15, -0.1) is 0 Å². The summed E-state index contributed by atoms with van der Waals surface area (Å²) < 4.78 is 5.22. The number of nitrogens with one attached hydrogen (secondary N) is 1. The molecule has 3 amide bonds. The molecule has 1 atom stereocenters. The third kappa shape index (κ3) is 1.86. The summed E-state index contributed by atoms with van der Waals surface area (Å²) in [6.45, 7) is 2.31. The lowest BCUT2D eigenvalue weighted by molar-refractivity contribution is -0.121. The maximum Gasteiger partial charge on any atom is 0.324 e. The lowest BCUT2D eigenvalue weighted by Gasteiger charge is -2.30. The van der Waals surface area contributed by atoms with Crippen molar-refractivity contribution in [3.05, 3.63) is 24.2 Å². The van der Waals surface area contributed by atoms with Crippen molar-refractivity contribution in [3.8, 4) is 0 Å². The first kappa shape index (κ1) is 9.76. The molecule has 1 aromatic heterocycles. The Kier molecular flexibility index (Phi) is 2.45. The van der Waals surface area contributed by atoms with Gasteiger partial charge < -0.3 is 9.32 Å². The van der Waals surface area contributed by atoms with Gasteiger partial charge in [0.1, 0.15) is 5.76 Å². The van der Waals surface area contributed by atoms with E-state index >= 15 is 0 Å². The standard InChI is InChI=1S/C10H12N2O3/c1-7(8-3-2-6-15-8)12-5-4-9(13)11-10(12)14/h2-3,6-7H,4-5H2,1H3,(H,11,13,14). The van der Waals surface area contributed by atoms with Crippen LogP contribution in [0, 0.1) is 0 Å². The summed E-state index contributed by atoms with van der Waals surface area (Å²) >= 11 is 0. The Morgan fingerprint density at radius 2 is 2.33 bits per heavy atom. The van der Waals surface area contributed by atoms with Gasteiger partial charge in [-0.2, -0.15) is 0 Å². The van der Waals surface area contributed by atoms with Crippen molar-refractivity contribution in [1.29, 1.82) is 0 Å². The molecule has 1 fully saturated rings. The molecule has 15 heavy (non-hydrogen) atoms. The summed E-state index contributed by atoms with van der Waals surface area (Å²) in [5, 5.41) is 2.28. The predicted molar refractivity (Wildman–Crippen MR) is 52.0 cm³/mol. The normalized spacial score (nSPS) is 18.9. The highest BCUT2D eigenvalue weighted by molar-refractivity contribution is 5.96. The molecule has 2 heterocycles. The number of imide groups is 1. The highest BCUT2D eigenvalue weighted by Gasteiger charge is 2.28. The SMILES string of the molecule is CC(c1ccco1)N1CCC(=O)NC1=O. The average molecular weight is 208 g/mol. The van der Waals surface area contributed by atoms with Gasteiger partial charge in [0, 0.05) is 13.0 Å². The molecule has 1 aliphatic heterocycles. The van der Waals surface area contributed by atoms with E-state index in [4.69, 9.17) is 4.42 Å². The number of nitrogens with zero attached hydrogens (tertiary/aromatic N) is 1. The molecule has 0 aliphatic carbocycles. The van der Waals surface area contributed by atoms with Crippen molar-refractivity contribution in [3.63, 3.8) is 0 Å². The van der Waals surface area contributed by atoms with Gasteiger partial charge in [-0.05, 0) is 19.1 Å². The van der Waals surface area contributed by atoms with Crippen LogP contribution in [-0.4, -0.2) is 23.4 Å². The molecule has 0 bridgehead atoms. The van der Waals surface area contributed by atoms with E-state index in [-0.39, 0.29) is 18.0 Å². The first-order chi connectivity index (χ1) is 7.18. The van der Waals surface area contributed by atoms with Crippen LogP contribution in [0.3, 0.4) is 0 Å². The minimum Gasteiger partial charge on any atom is -0.467 e. The fourth-order valence-electron chi connectivity index (χ4n) is 1.63. The zero-order valence-corrected chi connectivity index (χ0v) is 8.40. The van der Waals surface area contributed by atoms with Crippen LogP contribution in [0.2, 0.25) is 0 Å². The smallest absolute Gasteiger partial charge is 0.324 e. The molecule has 2 rings (SSSR count). The van der Waals surface area contributed by atoms with Gasteiger partial charge in [-0.1, -0.05) is 0 Å². The molecule has 0 spiro atoms. The first-order valence-corrected chi connectivity index (χ1v) is 4.82. The molecule has 1 saturated heterocycles. The van der Waals surface area contributed by atoms with E-state index in [2.05, 4.69) is 5.32 Å². The number of carbonyl (C=O) groups is 2. The highest BCUT2D eigenvalue weighted by atomic mass is 16.3. The Bertz CT molecular complexity index is 372. The highest BCUT2D eigenvalue weighted by Crippen LogP contribution is 2.22. The Morgan fingerprint density at radius 3 is 2.93 bits per heavy atom. The maximum atomic E-state index is 11.5. The largest absolute Gasteiger partial charge is 0.467 e. The van der Waals surface area contributed by atoms with Gasteiger partial charge >= 0.3 is 6.03 Å². The zero-order valence-electron chi connectivity index (χ0n) is 8.40. The first-order valence-electron chi connectivity index (χ1n) is 4.82. The van der Waals surface area contributed by atoms with Crippen LogP contribution in [0.1, 0.15) is 25.1 Å². The molecular weight excluding hydrogens is 196 g/mol. The van der Waals surface area contributed by atoms with E-state index in [1.54, 1.807) is 17.2 Å². The summed E-state index contributed by atoms with van der Waals surface area (Å²) in [5.74, 6) is 0.502. The minimum atomic E-state index is -0.352. The summed E-state index contributed by atoms with van der Waals surface area (Å²) in [4.78, 5) is 24.0. The van der Waals surface area contributed by atoms with Crippen molar-refractivity contribution < 1.29 is 14.0 Å². The van der Waals surface area contributed by atoms with E-state index in [1.165, 1.54) is 0 Å². The Labute approximate surface area is 87.0 Å². The second-order valence-corrected chi connectivity index (χ2v) is 3.49. The van der Waals surface area contributed by atoms with E-state index in [0.29, 0.717) is 13.0 Å². The predicted octanol–water partition coefficient (Wildman–Crippen LogP) is 1.28. The van der Waals surface area contributed by atoms with Crippen molar-refractivity contribution in [2.45, 2.75) is 19.4 Å². The lowest BCUT2D eigenvalue weighted by atomic mass is 10.2. The Morgan fingerprint density at radius 1 is 1.53 bits per heavy atom. The molecule has 0 aromatic carbocycles. The van der Waals surface area contributed by atoms with E-state index in [9.17, 15) is 9.59 Å². The van der Waals surface area contributed by atoms with Gasteiger partial charge in [-0.25, -0.2) is 4.79 Å². The fourth-order valence-corrected chi connectivity index (χ4v) is 1.63. The van der Waals surface area contributed by atoms with Gasteiger partial charge in [0.2, 0.25) is 5.91 Å². The summed E-state index contributed by atoms with van der Waals surface area (Å²) in [6, 6.07) is 3.09. The Hall–Kier alpha value is -1.78. The molecule has 0 saturated carbocycles. The number of urea groups is 1. The van der Waals surface area contributed by atoms with Crippen molar-refractivity contribution >= 4 is 11.9 Å². The minimum absolute atomic E-state index is 0.145. The second kappa shape index (κ2) is 3.76. The average Bonchev–Trinajstić information content (AvgIpc) is 2.69. The van der Waals surface area contributed by atoms with Crippen LogP contribution >= 0.6 is 0 Å². The molecule has 1 aliphatic rings. The number of hydrogen-bond acceptors (Lipinski definition) is 3. The van der Waals surface area contributed by atoms with Crippen LogP contribution in [0.15, 0.2) is 22.8 Å². The molecule has 1 unspecified atom stereocenters. The molecule has 1 N–H and O–H groups in total. The van der Waals surface area contributed by atoms with Crippen molar-refractivity contribution in [2.24, 2.45) is 0 Å². The van der Waals surface area contributed by atoms with Crippen LogP contribution in [0.5, 0.6) is 0 Å². The Balaban J connectivity index is 2.11. The van der Waals surface area contributed by atoms with Gasteiger partial charge in [0.15, 0.2) is 0 Å². The van der Waals surface area contributed by atoms with E-state index in [0.717, 1.165) is 5.76 Å². The summed E-state index contributed by atoms with van der Waals surface area (Å²) in [7, 11) is 0. The summed E-state index contributed by atoms with van der Waals surface area (Å²) in [5.41, 5.74) is 0. The molecule has 5 nitrogen and oxygen atoms in total. The van der Waals surface area contributed by atoms with E-state index in [1.807, 2.05) is 13.0 Å². The quantitative estimate of drug-likeness (QED) is 0.796. The molecule has 5 heteroatoms. The van der Waals surface area contributed by atoms with Crippen LogP contribution in [0.25, 0.3) is 0 Å². The van der Waals surface area contributed by atoms with E-state index < -0.39 is 0 Å². The van der Waals surface area contributed by atoms with Gasteiger partial charge in [-0.3, -0.25) is 10.1 Å². The third-order valence-corrected chi connectivity index (χ3v) is 2.51. The third-order valence-electron chi connectivity index (χ3n) is 2.51. The van der Waals surface area contributed by atoms with Gasteiger partial charge in [0.05, 0.1) is 12.3 Å². The summed E-state index contributed by atoms with van der Waals surface area (Å²) in [6.07, 6.45) is 1.91. The van der Waals surface area contributed by atoms with Crippen LogP contribution < -0.4 is 5.32 Å². The topological polar surface area (TPSA) is 62.6 Å². The zero-order chi connectivity index (χ0) is 10.8. The number of amides is 3. The molecule has 80 valence electrons. The molecular formula is C10H12N2O3. The monoisotopic (exact) mass is 208 g/mol. The second-order valence-electron chi connectivity index (χ2n) is 3.49. The lowest BCUT2D eigenvalue weighted by Crippen LogP contribution is -2.50. The number of furan rings is 1. The molecule has 0 radical (unpaired) electrons. The van der Waals surface area contributed by atoms with Crippen LogP contribution in [0.4, 0.5) is 4.79 Å². The number of hydrogen-bond donors (Lipinski definition) is 1. The number of carbonyl (C=O) groups excluding carboxylic acids is 2. The van der Waals surface area contributed by atoms with Crippen molar-refractivity contribution in [1.82, 2.24) is 10.2 Å².